The van der Waals surface area contributed by atoms with Crippen molar-refractivity contribution in [3.63, 3.8) is 0 Å². The van der Waals surface area contributed by atoms with Gasteiger partial charge in [-0.15, -0.1) is 0 Å². The summed E-state index contributed by atoms with van der Waals surface area (Å²) in [6, 6.07) is 8.05. The molecular weight excluding hydrogens is 276 g/mol. The predicted octanol–water partition coefficient (Wildman–Crippen LogP) is 2.50. The Kier molecular flexibility index (Phi) is 5.12. The number of nitrogens with zero attached hydrogens (tertiary/aromatic N) is 1. The van der Waals surface area contributed by atoms with E-state index in [0.29, 0.717) is 5.92 Å². The number of benzene rings is 1. The quantitative estimate of drug-likeness (QED) is 0.841. The van der Waals surface area contributed by atoms with Crippen LogP contribution in [-0.2, 0) is 4.79 Å². The molecule has 0 radical (unpaired) electrons. The van der Waals surface area contributed by atoms with Gasteiger partial charge in [-0.3, -0.25) is 4.79 Å². The van der Waals surface area contributed by atoms with E-state index in [2.05, 4.69) is 50.3 Å². The van der Waals surface area contributed by atoms with Gasteiger partial charge >= 0.3 is 0 Å². The standard InChI is InChI=1S/C18H28N2O2/c1-18(2,12-20(3)4)11-19-17(21)16-10-15(16)13-6-8-14(22-5)9-7-13/h6-9,15-16H,10-12H2,1-5H3,(H,19,21)/t15-,16-/m0/s1. The zero-order valence-corrected chi connectivity index (χ0v) is 14.3. The second-order valence-corrected chi connectivity index (χ2v) is 7.34. The monoisotopic (exact) mass is 304 g/mol. The van der Waals surface area contributed by atoms with Gasteiger partial charge in [0.05, 0.1) is 7.11 Å². The summed E-state index contributed by atoms with van der Waals surface area (Å²) in [4.78, 5) is 14.5. The van der Waals surface area contributed by atoms with Crippen molar-refractivity contribution in [2.75, 3.05) is 34.3 Å². The van der Waals surface area contributed by atoms with Gasteiger partial charge in [0.2, 0.25) is 5.91 Å². The number of ether oxygens (including phenoxy) is 1. The molecule has 0 unspecified atom stereocenters. The summed E-state index contributed by atoms with van der Waals surface area (Å²) >= 11 is 0. The van der Waals surface area contributed by atoms with Crippen LogP contribution < -0.4 is 10.1 Å². The Labute approximate surface area is 133 Å². The minimum atomic E-state index is 0.0870. The average molecular weight is 304 g/mol. The summed E-state index contributed by atoms with van der Waals surface area (Å²) in [5.74, 6) is 1.54. The smallest absolute Gasteiger partial charge is 0.223 e. The van der Waals surface area contributed by atoms with E-state index in [1.807, 2.05) is 12.1 Å². The van der Waals surface area contributed by atoms with Gasteiger partial charge in [-0.1, -0.05) is 26.0 Å². The third kappa shape index (κ3) is 4.47. The molecule has 122 valence electrons. The lowest BCUT2D eigenvalue weighted by Gasteiger charge is -2.28. The molecule has 1 fully saturated rings. The Morgan fingerprint density at radius 2 is 1.95 bits per heavy atom. The molecule has 4 heteroatoms. The van der Waals surface area contributed by atoms with Crippen LogP contribution in [0.25, 0.3) is 0 Å². The number of rotatable bonds is 7. The molecule has 22 heavy (non-hydrogen) atoms. The lowest BCUT2D eigenvalue weighted by atomic mass is 9.93. The molecular formula is C18H28N2O2. The lowest BCUT2D eigenvalue weighted by Crippen LogP contribution is -2.40. The number of nitrogens with one attached hydrogen (secondary N) is 1. The SMILES string of the molecule is COc1ccc([C@@H]2C[C@@H]2C(=O)NCC(C)(C)CN(C)C)cc1. The van der Waals surface area contributed by atoms with Gasteiger partial charge in [0.1, 0.15) is 5.75 Å². The fourth-order valence-electron chi connectivity index (χ4n) is 3.07. The van der Waals surface area contributed by atoms with Gasteiger partial charge in [-0.25, -0.2) is 0 Å². The largest absolute Gasteiger partial charge is 0.497 e. The summed E-state index contributed by atoms with van der Waals surface area (Å²) in [5.41, 5.74) is 1.32. The summed E-state index contributed by atoms with van der Waals surface area (Å²) in [7, 11) is 5.78. The van der Waals surface area contributed by atoms with Gasteiger partial charge < -0.3 is 15.0 Å². The third-order valence-electron chi connectivity index (χ3n) is 4.16. The molecule has 0 saturated heterocycles. The molecule has 1 aromatic rings. The first kappa shape index (κ1) is 16.8. The first-order valence-corrected chi connectivity index (χ1v) is 7.89. The van der Waals surface area contributed by atoms with Crippen molar-refractivity contribution >= 4 is 5.91 Å². The normalized spacial score (nSPS) is 20.8. The van der Waals surface area contributed by atoms with Crippen LogP contribution in [0.1, 0.15) is 31.7 Å². The maximum Gasteiger partial charge on any atom is 0.223 e. The Morgan fingerprint density at radius 3 is 2.50 bits per heavy atom. The molecule has 4 nitrogen and oxygen atoms in total. The molecule has 1 aromatic carbocycles. The van der Waals surface area contributed by atoms with Crippen molar-refractivity contribution < 1.29 is 9.53 Å². The Bertz CT molecular complexity index is 508. The van der Waals surface area contributed by atoms with Crippen molar-refractivity contribution in [2.24, 2.45) is 11.3 Å². The summed E-state index contributed by atoms with van der Waals surface area (Å²) < 4.78 is 5.17. The van der Waals surface area contributed by atoms with Crippen LogP contribution in [0, 0.1) is 11.3 Å². The lowest BCUT2D eigenvalue weighted by molar-refractivity contribution is -0.122. The van der Waals surface area contributed by atoms with E-state index in [-0.39, 0.29) is 17.2 Å². The van der Waals surface area contributed by atoms with Crippen molar-refractivity contribution in [2.45, 2.75) is 26.2 Å². The highest BCUT2D eigenvalue weighted by molar-refractivity contribution is 5.82. The zero-order chi connectivity index (χ0) is 16.3. The maximum absolute atomic E-state index is 12.3. The number of carbonyl (C=O) groups is 1. The number of hydrogen-bond donors (Lipinski definition) is 1. The van der Waals surface area contributed by atoms with Crippen LogP contribution in [-0.4, -0.2) is 45.1 Å². The highest BCUT2D eigenvalue weighted by atomic mass is 16.5. The van der Waals surface area contributed by atoms with Crippen LogP contribution in [0.2, 0.25) is 0 Å². The topological polar surface area (TPSA) is 41.6 Å². The first-order chi connectivity index (χ1) is 10.3. The summed E-state index contributed by atoms with van der Waals surface area (Å²) in [6.07, 6.45) is 0.951. The maximum atomic E-state index is 12.3. The molecule has 1 N–H and O–H groups in total. The first-order valence-electron chi connectivity index (χ1n) is 7.89. The van der Waals surface area contributed by atoms with Gasteiger partial charge in [0.15, 0.2) is 0 Å². The average Bonchev–Trinajstić information content (AvgIpc) is 3.24. The fourth-order valence-corrected chi connectivity index (χ4v) is 3.07. The number of amides is 1. The van der Waals surface area contributed by atoms with Crippen LogP contribution in [0.3, 0.4) is 0 Å². The summed E-state index contributed by atoms with van der Waals surface area (Å²) in [5, 5.41) is 3.12. The second-order valence-electron chi connectivity index (χ2n) is 7.34. The second kappa shape index (κ2) is 6.69. The molecule has 0 aliphatic heterocycles. The number of carbonyl (C=O) groups excluding carboxylic acids is 1. The number of methoxy groups -OCH3 is 1. The Morgan fingerprint density at radius 1 is 1.32 bits per heavy atom. The Balaban J connectivity index is 1.82. The minimum absolute atomic E-state index is 0.0870. The third-order valence-corrected chi connectivity index (χ3v) is 4.16. The predicted molar refractivity (Wildman–Crippen MR) is 89.2 cm³/mol. The molecule has 0 heterocycles. The Hall–Kier alpha value is -1.55. The molecule has 2 rings (SSSR count). The van der Waals surface area contributed by atoms with Crippen molar-refractivity contribution in [1.82, 2.24) is 10.2 Å². The van der Waals surface area contributed by atoms with Gasteiger partial charge in [-0.05, 0) is 49.5 Å². The molecule has 0 spiro atoms. The van der Waals surface area contributed by atoms with Crippen LogP contribution in [0.4, 0.5) is 0 Å². The number of hydrogen-bond acceptors (Lipinski definition) is 3. The molecule has 1 aliphatic carbocycles. The fraction of sp³-hybridized carbons (Fsp3) is 0.611. The molecule has 0 aromatic heterocycles. The molecule has 1 saturated carbocycles. The highest BCUT2D eigenvalue weighted by Gasteiger charge is 2.44. The van der Waals surface area contributed by atoms with E-state index in [9.17, 15) is 4.79 Å². The van der Waals surface area contributed by atoms with E-state index in [1.165, 1.54) is 5.56 Å². The highest BCUT2D eigenvalue weighted by Crippen LogP contribution is 2.47. The van der Waals surface area contributed by atoms with Crippen LogP contribution in [0.15, 0.2) is 24.3 Å². The molecule has 1 amide bonds. The van der Waals surface area contributed by atoms with Crippen LogP contribution >= 0.6 is 0 Å². The minimum Gasteiger partial charge on any atom is -0.497 e. The van der Waals surface area contributed by atoms with E-state index < -0.39 is 0 Å². The van der Waals surface area contributed by atoms with Crippen LogP contribution in [0.5, 0.6) is 5.75 Å². The van der Waals surface area contributed by atoms with E-state index >= 15 is 0 Å². The summed E-state index contributed by atoms with van der Waals surface area (Å²) in [6.45, 7) is 6.04. The molecule has 1 aliphatic rings. The van der Waals surface area contributed by atoms with Gasteiger partial charge in [0.25, 0.3) is 0 Å². The molecule has 0 bridgehead atoms. The van der Waals surface area contributed by atoms with Gasteiger partial charge in [-0.2, -0.15) is 0 Å². The zero-order valence-electron chi connectivity index (χ0n) is 14.3. The molecule has 2 atom stereocenters. The van der Waals surface area contributed by atoms with Crippen molar-refractivity contribution in [3.8, 4) is 5.75 Å². The van der Waals surface area contributed by atoms with Crippen molar-refractivity contribution in [3.05, 3.63) is 29.8 Å². The van der Waals surface area contributed by atoms with E-state index in [0.717, 1.165) is 25.3 Å². The van der Waals surface area contributed by atoms with E-state index in [4.69, 9.17) is 4.74 Å². The van der Waals surface area contributed by atoms with Gasteiger partial charge in [0, 0.05) is 19.0 Å². The van der Waals surface area contributed by atoms with Crippen molar-refractivity contribution in [1.29, 1.82) is 0 Å². The van der Waals surface area contributed by atoms with E-state index in [1.54, 1.807) is 7.11 Å².